The molecule has 1 aromatic heterocycles. The number of hydrogen-bond acceptors (Lipinski definition) is 3. The number of alkyl halides is 1. The second-order valence-electron chi connectivity index (χ2n) is 4.84. The van der Waals surface area contributed by atoms with Crippen molar-refractivity contribution < 1.29 is 8.42 Å². The summed E-state index contributed by atoms with van der Waals surface area (Å²) in [6, 6.07) is 3.57. The molecule has 0 bridgehead atoms. The molecule has 1 heterocycles. The van der Waals surface area contributed by atoms with Crippen molar-refractivity contribution >= 4 is 33.0 Å². The highest BCUT2D eigenvalue weighted by Crippen LogP contribution is 2.48. The molecule has 102 valence electrons. The van der Waals surface area contributed by atoms with Crippen molar-refractivity contribution in [2.45, 2.75) is 36.8 Å². The first-order valence-electron chi connectivity index (χ1n) is 6.16. The SMILES string of the molecule is CCc1ccc(S(=O)(=O)NCC2(CCCl)CC2)s1. The normalized spacial score (nSPS) is 17.9. The Kier molecular flexibility index (Phi) is 4.36. The van der Waals surface area contributed by atoms with Crippen molar-refractivity contribution in [2.75, 3.05) is 12.4 Å². The molecule has 0 atom stereocenters. The van der Waals surface area contributed by atoms with Crippen molar-refractivity contribution in [3.05, 3.63) is 17.0 Å². The fourth-order valence-corrected chi connectivity index (χ4v) is 4.80. The lowest BCUT2D eigenvalue weighted by Gasteiger charge is -2.13. The van der Waals surface area contributed by atoms with Gasteiger partial charge in [-0.3, -0.25) is 0 Å². The third-order valence-corrected chi connectivity index (χ3v) is 6.78. The van der Waals surface area contributed by atoms with Crippen molar-refractivity contribution in [3.8, 4) is 0 Å². The summed E-state index contributed by atoms with van der Waals surface area (Å²) >= 11 is 7.09. The van der Waals surface area contributed by atoms with Gasteiger partial charge < -0.3 is 0 Å². The van der Waals surface area contributed by atoms with Gasteiger partial charge in [-0.1, -0.05) is 6.92 Å². The second-order valence-corrected chi connectivity index (χ2v) is 8.38. The van der Waals surface area contributed by atoms with Crippen LogP contribution in [0.3, 0.4) is 0 Å². The van der Waals surface area contributed by atoms with Gasteiger partial charge in [0, 0.05) is 17.3 Å². The average molecular weight is 308 g/mol. The van der Waals surface area contributed by atoms with Gasteiger partial charge in [0.05, 0.1) is 0 Å². The first kappa shape index (κ1) is 14.3. The average Bonchev–Trinajstić information content (AvgIpc) is 2.93. The predicted octanol–water partition coefficient (Wildman–Crippen LogP) is 3.00. The third-order valence-electron chi connectivity index (χ3n) is 3.47. The van der Waals surface area contributed by atoms with E-state index in [4.69, 9.17) is 11.6 Å². The van der Waals surface area contributed by atoms with E-state index in [2.05, 4.69) is 4.72 Å². The second kappa shape index (κ2) is 5.49. The largest absolute Gasteiger partial charge is 0.250 e. The van der Waals surface area contributed by atoms with Gasteiger partial charge >= 0.3 is 0 Å². The van der Waals surface area contributed by atoms with E-state index >= 15 is 0 Å². The van der Waals surface area contributed by atoms with Crippen LogP contribution in [0.4, 0.5) is 0 Å². The molecular weight excluding hydrogens is 290 g/mol. The molecule has 0 radical (unpaired) electrons. The van der Waals surface area contributed by atoms with Crippen LogP contribution in [0.2, 0.25) is 0 Å². The highest BCUT2D eigenvalue weighted by molar-refractivity contribution is 7.91. The fourth-order valence-electron chi connectivity index (χ4n) is 1.90. The van der Waals surface area contributed by atoms with Crippen LogP contribution in [0.5, 0.6) is 0 Å². The van der Waals surface area contributed by atoms with E-state index in [9.17, 15) is 8.42 Å². The topological polar surface area (TPSA) is 46.2 Å². The number of sulfonamides is 1. The maximum absolute atomic E-state index is 12.1. The molecule has 1 aliphatic carbocycles. The first-order chi connectivity index (χ1) is 8.51. The van der Waals surface area contributed by atoms with Crippen molar-refractivity contribution in [2.24, 2.45) is 5.41 Å². The van der Waals surface area contributed by atoms with Crippen molar-refractivity contribution in [3.63, 3.8) is 0 Å². The quantitative estimate of drug-likeness (QED) is 0.787. The molecule has 0 saturated heterocycles. The van der Waals surface area contributed by atoms with E-state index in [0.29, 0.717) is 16.6 Å². The molecule has 1 aromatic rings. The van der Waals surface area contributed by atoms with Gasteiger partial charge in [-0.15, -0.1) is 22.9 Å². The smallest absolute Gasteiger partial charge is 0.210 e. The zero-order chi connectivity index (χ0) is 13.2. The maximum Gasteiger partial charge on any atom is 0.250 e. The number of halogens is 1. The number of rotatable bonds is 7. The molecule has 18 heavy (non-hydrogen) atoms. The van der Waals surface area contributed by atoms with Crippen LogP contribution in [0.25, 0.3) is 0 Å². The summed E-state index contributed by atoms with van der Waals surface area (Å²) in [4.78, 5) is 1.09. The van der Waals surface area contributed by atoms with Crippen LogP contribution in [0, 0.1) is 5.41 Å². The summed E-state index contributed by atoms with van der Waals surface area (Å²) < 4.78 is 27.4. The Labute approximate surface area is 118 Å². The fraction of sp³-hybridized carbons (Fsp3) is 0.667. The molecule has 1 aliphatic rings. The number of aryl methyl sites for hydroxylation is 1. The van der Waals surface area contributed by atoms with Crippen LogP contribution in [0.15, 0.2) is 16.3 Å². The molecule has 0 aliphatic heterocycles. The van der Waals surface area contributed by atoms with E-state index < -0.39 is 10.0 Å². The summed E-state index contributed by atoms with van der Waals surface area (Å²) in [7, 11) is -3.34. The van der Waals surface area contributed by atoms with Gasteiger partial charge in [-0.2, -0.15) is 0 Å². The van der Waals surface area contributed by atoms with E-state index in [1.54, 1.807) is 6.07 Å². The minimum Gasteiger partial charge on any atom is -0.210 e. The van der Waals surface area contributed by atoms with Crippen molar-refractivity contribution in [1.82, 2.24) is 4.72 Å². The van der Waals surface area contributed by atoms with Gasteiger partial charge in [-0.05, 0) is 43.2 Å². The molecule has 6 heteroatoms. The molecule has 0 amide bonds. The molecule has 3 nitrogen and oxygen atoms in total. The van der Waals surface area contributed by atoms with Gasteiger partial charge in [0.25, 0.3) is 0 Å². The Morgan fingerprint density at radius 1 is 1.44 bits per heavy atom. The van der Waals surface area contributed by atoms with E-state index in [1.165, 1.54) is 11.3 Å². The standard InChI is InChI=1S/C12H18ClNO2S2/c1-2-10-3-4-11(17-10)18(15,16)14-9-12(5-6-12)7-8-13/h3-4,14H,2,5-9H2,1H3. The van der Waals surface area contributed by atoms with Crippen LogP contribution in [-0.4, -0.2) is 20.8 Å². The Morgan fingerprint density at radius 2 is 2.17 bits per heavy atom. The molecule has 0 aromatic carbocycles. The highest BCUT2D eigenvalue weighted by atomic mass is 35.5. The predicted molar refractivity (Wildman–Crippen MR) is 75.9 cm³/mol. The van der Waals surface area contributed by atoms with Gasteiger partial charge in [0.15, 0.2) is 0 Å². The van der Waals surface area contributed by atoms with Gasteiger partial charge in [-0.25, -0.2) is 13.1 Å². The van der Waals surface area contributed by atoms with Crippen LogP contribution < -0.4 is 4.72 Å². The van der Waals surface area contributed by atoms with Crippen LogP contribution >= 0.6 is 22.9 Å². The maximum atomic E-state index is 12.1. The van der Waals surface area contributed by atoms with Crippen LogP contribution in [0.1, 0.15) is 31.1 Å². The lowest BCUT2D eigenvalue weighted by Crippen LogP contribution is -2.30. The molecule has 1 N–H and O–H groups in total. The molecule has 0 spiro atoms. The van der Waals surface area contributed by atoms with E-state index in [0.717, 1.165) is 30.6 Å². The third kappa shape index (κ3) is 3.26. The monoisotopic (exact) mass is 307 g/mol. The number of nitrogens with one attached hydrogen (secondary N) is 1. The molecule has 2 rings (SSSR count). The first-order valence-corrected chi connectivity index (χ1v) is 8.99. The van der Waals surface area contributed by atoms with E-state index in [1.807, 2.05) is 13.0 Å². The minimum absolute atomic E-state index is 0.125. The molecule has 1 saturated carbocycles. The Balaban J connectivity index is 1.99. The van der Waals surface area contributed by atoms with Crippen molar-refractivity contribution in [1.29, 1.82) is 0 Å². The summed E-state index contributed by atoms with van der Waals surface area (Å²) in [5.41, 5.74) is 0.125. The minimum atomic E-state index is -3.34. The summed E-state index contributed by atoms with van der Waals surface area (Å²) in [5, 5.41) is 0. The molecule has 1 fully saturated rings. The number of hydrogen-bond donors (Lipinski definition) is 1. The Hall–Kier alpha value is -0.100. The zero-order valence-electron chi connectivity index (χ0n) is 10.4. The summed E-state index contributed by atoms with van der Waals surface area (Å²) in [6.45, 7) is 2.54. The Morgan fingerprint density at radius 3 is 2.67 bits per heavy atom. The lowest BCUT2D eigenvalue weighted by atomic mass is 10.1. The number of thiophene rings is 1. The highest BCUT2D eigenvalue weighted by Gasteiger charge is 2.42. The summed E-state index contributed by atoms with van der Waals surface area (Å²) in [5.74, 6) is 0.598. The summed E-state index contributed by atoms with van der Waals surface area (Å²) in [6.07, 6.45) is 3.91. The van der Waals surface area contributed by atoms with Gasteiger partial charge in [0.1, 0.15) is 4.21 Å². The zero-order valence-corrected chi connectivity index (χ0v) is 12.8. The Bertz CT molecular complexity index is 506. The lowest BCUT2D eigenvalue weighted by molar-refractivity contribution is 0.478. The van der Waals surface area contributed by atoms with Gasteiger partial charge in [0.2, 0.25) is 10.0 Å². The molecule has 0 unspecified atom stereocenters. The van der Waals surface area contributed by atoms with E-state index in [-0.39, 0.29) is 5.41 Å². The molecular formula is C12H18ClNO2S2. The van der Waals surface area contributed by atoms with Crippen LogP contribution in [-0.2, 0) is 16.4 Å².